The molecule has 1 aromatic carbocycles. The van der Waals surface area contributed by atoms with Gasteiger partial charge in [-0.15, -0.1) is 11.6 Å². The van der Waals surface area contributed by atoms with Crippen LogP contribution in [0.3, 0.4) is 0 Å². The van der Waals surface area contributed by atoms with Crippen LogP contribution in [0.15, 0.2) is 18.2 Å². The van der Waals surface area contributed by atoms with Crippen molar-refractivity contribution in [2.75, 3.05) is 26.1 Å². The average molecular weight is 286 g/mol. The van der Waals surface area contributed by atoms with Gasteiger partial charge in [-0.25, -0.2) is 0 Å². The topological polar surface area (TPSA) is 49.8 Å². The number of hydrogen-bond acceptors (Lipinski definition) is 3. The maximum absolute atomic E-state index is 12.3. The van der Waals surface area contributed by atoms with Crippen LogP contribution in [0, 0.1) is 0 Å². The fourth-order valence-electron chi connectivity index (χ4n) is 1.77. The van der Waals surface area contributed by atoms with Gasteiger partial charge in [0.05, 0.1) is 7.11 Å². The summed E-state index contributed by atoms with van der Waals surface area (Å²) in [6, 6.07) is 4.66. The second-order valence-electron chi connectivity index (χ2n) is 4.22. The van der Waals surface area contributed by atoms with Crippen molar-refractivity contribution in [2.45, 2.75) is 19.8 Å². The third-order valence-electron chi connectivity index (χ3n) is 2.85. The first kappa shape index (κ1) is 15.6. The molecule has 1 aromatic rings. The Bertz CT molecular complexity index is 423. The van der Waals surface area contributed by atoms with E-state index in [4.69, 9.17) is 16.3 Å². The van der Waals surface area contributed by atoms with E-state index in [2.05, 4.69) is 6.92 Å². The number of phenols is 1. The zero-order valence-corrected chi connectivity index (χ0v) is 12.1. The van der Waals surface area contributed by atoms with E-state index in [1.165, 1.54) is 13.2 Å². The zero-order valence-electron chi connectivity index (χ0n) is 11.4. The third kappa shape index (κ3) is 4.31. The van der Waals surface area contributed by atoms with Crippen molar-refractivity contribution in [1.29, 1.82) is 0 Å². The Morgan fingerprint density at radius 3 is 2.68 bits per heavy atom. The highest BCUT2D eigenvalue weighted by atomic mass is 35.5. The lowest BCUT2D eigenvalue weighted by Gasteiger charge is -2.21. The quantitative estimate of drug-likeness (QED) is 0.784. The molecule has 0 atom stereocenters. The normalized spacial score (nSPS) is 10.3. The van der Waals surface area contributed by atoms with E-state index in [-0.39, 0.29) is 11.7 Å². The van der Waals surface area contributed by atoms with Crippen molar-refractivity contribution in [3.8, 4) is 11.5 Å². The lowest BCUT2D eigenvalue weighted by atomic mass is 10.1. The number of phenolic OH excluding ortho intramolecular Hbond substituents is 1. The average Bonchev–Trinajstić information content (AvgIpc) is 2.42. The number of alkyl halides is 1. The molecule has 0 unspecified atom stereocenters. The molecule has 0 spiro atoms. The Morgan fingerprint density at radius 2 is 2.16 bits per heavy atom. The summed E-state index contributed by atoms with van der Waals surface area (Å²) in [5.74, 6) is 0.605. The minimum absolute atomic E-state index is 0.0327. The molecule has 1 amide bonds. The van der Waals surface area contributed by atoms with Gasteiger partial charge in [-0.2, -0.15) is 0 Å². The maximum atomic E-state index is 12.3. The van der Waals surface area contributed by atoms with Crippen LogP contribution in [-0.4, -0.2) is 42.0 Å². The van der Waals surface area contributed by atoms with Crippen LogP contribution in [0.4, 0.5) is 0 Å². The molecule has 0 saturated heterocycles. The molecule has 5 heteroatoms. The second-order valence-corrected chi connectivity index (χ2v) is 4.60. The van der Waals surface area contributed by atoms with Gasteiger partial charge >= 0.3 is 0 Å². The molecule has 0 heterocycles. The number of benzene rings is 1. The molecule has 0 aliphatic rings. The monoisotopic (exact) mass is 285 g/mol. The van der Waals surface area contributed by atoms with E-state index in [9.17, 15) is 9.90 Å². The molecule has 19 heavy (non-hydrogen) atoms. The number of carbonyl (C=O) groups excluding carboxylic acids is 1. The molecule has 1 N–H and O–H groups in total. The molecule has 0 aliphatic heterocycles. The van der Waals surface area contributed by atoms with E-state index in [1.54, 1.807) is 17.0 Å². The molecule has 0 radical (unpaired) electrons. The molecule has 0 saturated carbocycles. The lowest BCUT2D eigenvalue weighted by Crippen LogP contribution is -2.33. The summed E-state index contributed by atoms with van der Waals surface area (Å²) in [5, 5.41) is 9.71. The Labute approximate surface area is 118 Å². The number of rotatable bonds is 7. The van der Waals surface area contributed by atoms with Crippen LogP contribution in [0.25, 0.3) is 0 Å². The largest absolute Gasteiger partial charge is 0.504 e. The summed E-state index contributed by atoms with van der Waals surface area (Å²) >= 11 is 5.72. The van der Waals surface area contributed by atoms with E-state index in [0.717, 1.165) is 12.8 Å². The maximum Gasteiger partial charge on any atom is 0.254 e. The minimum atomic E-state index is -0.118. The third-order valence-corrected chi connectivity index (χ3v) is 3.02. The van der Waals surface area contributed by atoms with Crippen molar-refractivity contribution in [1.82, 2.24) is 4.90 Å². The molecular formula is C14H20ClNO3. The highest BCUT2D eigenvalue weighted by molar-refractivity contribution is 6.18. The number of ether oxygens (including phenoxy) is 1. The molecule has 4 nitrogen and oxygen atoms in total. The van der Waals surface area contributed by atoms with Gasteiger partial charge < -0.3 is 14.7 Å². The molecule has 1 rings (SSSR count). The van der Waals surface area contributed by atoms with Crippen molar-refractivity contribution < 1.29 is 14.6 Å². The summed E-state index contributed by atoms with van der Waals surface area (Å²) in [7, 11) is 1.47. The Balaban J connectivity index is 2.86. The summed E-state index contributed by atoms with van der Waals surface area (Å²) in [4.78, 5) is 14.0. The predicted molar refractivity (Wildman–Crippen MR) is 76.2 cm³/mol. The van der Waals surface area contributed by atoms with Crippen LogP contribution in [0.5, 0.6) is 11.5 Å². The SMILES string of the molecule is CCCCN(CCCl)C(=O)c1ccc(OC)c(O)c1. The van der Waals surface area contributed by atoms with Crippen LogP contribution in [0.1, 0.15) is 30.1 Å². The Kier molecular flexibility index (Phi) is 6.50. The standard InChI is InChI=1S/C14H20ClNO3/c1-3-4-8-16(9-7-15)14(18)11-5-6-13(19-2)12(17)10-11/h5-6,10,17H,3-4,7-9H2,1-2H3. The first-order chi connectivity index (χ1) is 9.13. The second kappa shape index (κ2) is 7.89. The van der Waals surface area contributed by atoms with Crippen molar-refractivity contribution in [2.24, 2.45) is 0 Å². The first-order valence-electron chi connectivity index (χ1n) is 6.36. The summed E-state index contributed by atoms with van der Waals surface area (Å²) < 4.78 is 4.96. The smallest absolute Gasteiger partial charge is 0.254 e. The predicted octanol–water partition coefficient (Wildman–Crippen LogP) is 2.88. The number of hydrogen-bond donors (Lipinski definition) is 1. The van der Waals surface area contributed by atoms with Gasteiger partial charge in [0, 0.05) is 24.5 Å². The number of aromatic hydroxyl groups is 1. The van der Waals surface area contributed by atoms with Gasteiger partial charge in [-0.3, -0.25) is 4.79 Å². The fraction of sp³-hybridized carbons (Fsp3) is 0.500. The van der Waals surface area contributed by atoms with Crippen LogP contribution in [-0.2, 0) is 0 Å². The molecule has 0 aromatic heterocycles. The molecule has 0 aliphatic carbocycles. The summed E-state index contributed by atoms with van der Waals surface area (Å²) in [6.45, 7) is 3.25. The van der Waals surface area contributed by atoms with Gasteiger partial charge in [-0.1, -0.05) is 13.3 Å². The number of methoxy groups -OCH3 is 1. The van der Waals surface area contributed by atoms with Crippen molar-refractivity contribution in [3.63, 3.8) is 0 Å². The highest BCUT2D eigenvalue weighted by Gasteiger charge is 2.16. The van der Waals surface area contributed by atoms with E-state index in [1.807, 2.05) is 0 Å². The highest BCUT2D eigenvalue weighted by Crippen LogP contribution is 2.26. The minimum Gasteiger partial charge on any atom is -0.504 e. The lowest BCUT2D eigenvalue weighted by molar-refractivity contribution is 0.0763. The number of carbonyl (C=O) groups is 1. The Hall–Kier alpha value is -1.42. The van der Waals surface area contributed by atoms with Gasteiger partial charge in [0.2, 0.25) is 0 Å². The van der Waals surface area contributed by atoms with Gasteiger partial charge in [0.25, 0.3) is 5.91 Å². The molecule has 106 valence electrons. The number of amides is 1. The molecule has 0 bridgehead atoms. The van der Waals surface area contributed by atoms with E-state index in [0.29, 0.717) is 30.3 Å². The van der Waals surface area contributed by atoms with Crippen LogP contribution in [0.2, 0.25) is 0 Å². The van der Waals surface area contributed by atoms with Crippen molar-refractivity contribution in [3.05, 3.63) is 23.8 Å². The van der Waals surface area contributed by atoms with E-state index >= 15 is 0 Å². The number of halogens is 1. The fourth-order valence-corrected chi connectivity index (χ4v) is 1.98. The van der Waals surface area contributed by atoms with Crippen LogP contribution >= 0.6 is 11.6 Å². The summed E-state index contributed by atoms with van der Waals surface area (Å²) in [5.41, 5.74) is 0.444. The van der Waals surface area contributed by atoms with Crippen LogP contribution < -0.4 is 4.74 Å². The zero-order chi connectivity index (χ0) is 14.3. The van der Waals surface area contributed by atoms with Gasteiger partial charge in [-0.05, 0) is 24.6 Å². The Morgan fingerprint density at radius 1 is 1.42 bits per heavy atom. The number of unbranched alkanes of at least 4 members (excludes halogenated alkanes) is 1. The van der Waals surface area contributed by atoms with Crippen molar-refractivity contribution >= 4 is 17.5 Å². The van der Waals surface area contributed by atoms with Gasteiger partial charge in [0.15, 0.2) is 11.5 Å². The van der Waals surface area contributed by atoms with Gasteiger partial charge in [0.1, 0.15) is 0 Å². The molecular weight excluding hydrogens is 266 g/mol. The first-order valence-corrected chi connectivity index (χ1v) is 6.89. The summed E-state index contributed by atoms with van der Waals surface area (Å²) in [6.07, 6.45) is 1.95. The number of nitrogens with zero attached hydrogens (tertiary/aromatic N) is 1. The van der Waals surface area contributed by atoms with E-state index < -0.39 is 0 Å². The molecule has 0 fully saturated rings.